The first-order valence-corrected chi connectivity index (χ1v) is 8.42. The Morgan fingerprint density at radius 3 is 2.15 bits per heavy atom. The Hall–Kier alpha value is -1.39. The van der Waals surface area contributed by atoms with Crippen molar-refractivity contribution in [2.24, 2.45) is 0 Å². The Labute approximate surface area is 120 Å². The second-order valence-corrected chi connectivity index (χ2v) is 6.51. The van der Waals surface area contributed by atoms with Crippen LogP contribution < -0.4 is 0 Å². The standard InChI is InChI=1S/C16H20O3S/c1-3-5-12-7-8-15-14(9-12)10-13(6-4-2)11-16(15)20(17,18)19/h7-11H,3-6H2,1-2H3,(H,17,18,19). The lowest BCUT2D eigenvalue weighted by atomic mass is 10.0. The molecule has 0 heterocycles. The second-order valence-electron chi connectivity index (χ2n) is 5.12. The van der Waals surface area contributed by atoms with E-state index in [0.29, 0.717) is 5.39 Å². The molecule has 0 radical (unpaired) electrons. The van der Waals surface area contributed by atoms with E-state index in [2.05, 4.69) is 6.92 Å². The number of hydrogen-bond acceptors (Lipinski definition) is 2. The summed E-state index contributed by atoms with van der Waals surface area (Å²) in [4.78, 5) is 0.0153. The zero-order valence-corrected chi connectivity index (χ0v) is 12.7. The summed E-state index contributed by atoms with van der Waals surface area (Å²) in [6.07, 6.45) is 3.75. The summed E-state index contributed by atoms with van der Waals surface area (Å²) in [6.45, 7) is 4.16. The van der Waals surface area contributed by atoms with Crippen molar-refractivity contribution in [1.82, 2.24) is 0 Å². The number of fused-ring (bicyclic) bond motifs is 1. The van der Waals surface area contributed by atoms with Crippen molar-refractivity contribution < 1.29 is 13.0 Å². The van der Waals surface area contributed by atoms with E-state index in [0.717, 1.165) is 36.6 Å². The first-order valence-electron chi connectivity index (χ1n) is 6.98. The second kappa shape index (κ2) is 5.94. The van der Waals surface area contributed by atoms with Gasteiger partial charge in [-0.1, -0.05) is 51.0 Å². The van der Waals surface area contributed by atoms with Crippen LogP contribution in [0.4, 0.5) is 0 Å². The average Bonchev–Trinajstić information content (AvgIpc) is 2.37. The third-order valence-electron chi connectivity index (χ3n) is 3.39. The van der Waals surface area contributed by atoms with Gasteiger partial charge in [0.2, 0.25) is 0 Å². The van der Waals surface area contributed by atoms with Gasteiger partial charge in [0.15, 0.2) is 0 Å². The molecule has 0 fully saturated rings. The Bertz CT molecular complexity index is 713. The molecule has 0 aliphatic rings. The monoisotopic (exact) mass is 292 g/mol. The zero-order chi connectivity index (χ0) is 14.8. The lowest BCUT2D eigenvalue weighted by molar-refractivity contribution is 0.484. The molecule has 2 aromatic carbocycles. The van der Waals surface area contributed by atoms with E-state index in [1.54, 1.807) is 12.1 Å². The smallest absolute Gasteiger partial charge is 0.282 e. The van der Waals surface area contributed by atoms with E-state index in [1.807, 2.05) is 25.1 Å². The van der Waals surface area contributed by atoms with Gasteiger partial charge in [-0.25, -0.2) is 0 Å². The molecular weight excluding hydrogens is 272 g/mol. The van der Waals surface area contributed by atoms with Crippen molar-refractivity contribution in [3.63, 3.8) is 0 Å². The Kier molecular flexibility index (Phi) is 4.45. The van der Waals surface area contributed by atoms with Crippen molar-refractivity contribution in [1.29, 1.82) is 0 Å². The van der Waals surface area contributed by atoms with E-state index in [-0.39, 0.29) is 4.90 Å². The van der Waals surface area contributed by atoms with Crippen LogP contribution in [0.1, 0.15) is 37.8 Å². The van der Waals surface area contributed by atoms with Gasteiger partial charge in [0.05, 0.1) is 0 Å². The fourth-order valence-corrected chi connectivity index (χ4v) is 3.30. The number of hydrogen-bond donors (Lipinski definition) is 1. The molecule has 0 spiro atoms. The molecule has 1 N–H and O–H groups in total. The maximum absolute atomic E-state index is 11.6. The summed E-state index contributed by atoms with van der Waals surface area (Å²) >= 11 is 0. The van der Waals surface area contributed by atoms with Gasteiger partial charge in [0, 0.05) is 5.39 Å². The fraction of sp³-hybridized carbons (Fsp3) is 0.375. The highest BCUT2D eigenvalue weighted by Gasteiger charge is 2.15. The lowest BCUT2D eigenvalue weighted by Crippen LogP contribution is -2.01. The molecule has 2 rings (SSSR count). The van der Waals surface area contributed by atoms with Crippen molar-refractivity contribution in [2.45, 2.75) is 44.4 Å². The Balaban J connectivity index is 2.70. The Morgan fingerprint density at radius 2 is 1.55 bits per heavy atom. The third kappa shape index (κ3) is 3.19. The van der Waals surface area contributed by atoms with Crippen LogP contribution in [0.5, 0.6) is 0 Å². The third-order valence-corrected chi connectivity index (χ3v) is 4.29. The van der Waals surface area contributed by atoms with Gasteiger partial charge in [-0.05, 0) is 35.4 Å². The van der Waals surface area contributed by atoms with Crippen molar-refractivity contribution in [3.05, 3.63) is 41.5 Å². The molecule has 0 atom stereocenters. The van der Waals surface area contributed by atoms with Crippen LogP contribution in [0.15, 0.2) is 35.2 Å². The highest BCUT2D eigenvalue weighted by atomic mass is 32.2. The van der Waals surface area contributed by atoms with Crippen molar-refractivity contribution >= 4 is 20.9 Å². The normalized spacial score (nSPS) is 11.9. The van der Waals surface area contributed by atoms with Gasteiger partial charge in [-0.15, -0.1) is 0 Å². The van der Waals surface area contributed by atoms with Crippen LogP contribution in [0, 0.1) is 0 Å². The summed E-state index contributed by atoms with van der Waals surface area (Å²) in [5.41, 5.74) is 2.14. The molecule has 0 aromatic heterocycles. The molecule has 108 valence electrons. The molecule has 2 aromatic rings. The molecule has 0 bridgehead atoms. The van der Waals surface area contributed by atoms with E-state index < -0.39 is 10.1 Å². The van der Waals surface area contributed by atoms with Gasteiger partial charge in [-0.2, -0.15) is 8.42 Å². The van der Waals surface area contributed by atoms with Crippen LogP contribution in [-0.4, -0.2) is 13.0 Å². The maximum atomic E-state index is 11.6. The van der Waals surface area contributed by atoms with Crippen LogP contribution in [-0.2, 0) is 23.0 Å². The van der Waals surface area contributed by atoms with Gasteiger partial charge < -0.3 is 0 Å². The first kappa shape index (κ1) is 15.0. The molecule has 0 aliphatic heterocycles. The molecule has 0 saturated heterocycles. The van der Waals surface area contributed by atoms with Gasteiger partial charge in [-0.3, -0.25) is 4.55 Å². The maximum Gasteiger partial charge on any atom is 0.295 e. The van der Waals surface area contributed by atoms with Gasteiger partial charge in [0.1, 0.15) is 4.90 Å². The van der Waals surface area contributed by atoms with Crippen LogP contribution in [0.2, 0.25) is 0 Å². The number of rotatable bonds is 5. The van der Waals surface area contributed by atoms with Crippen molar-refractivity contribution in [3.8, 4) is 0 Å². The molecule has 4 heteroatoms. The molecule has 20 heavy (non-hydrogen) atoms. The van der Waals surface area contributed by atoms with E-state index in [1.165, 1.54) is 5.56 Å². The SMILES string of the molecule is CCCc1ccc2c(S(=O)(=O)O)cc(CCC)cc2c1. The predicted octanol–water partition coefficient (Wildman–Crippen LogP) is 3.99. The fourth-order valence-electron chi connectivity index (χ4n) is 2.53. The summed E-state index contributed by atoms with van der Waals surface area (Å²) in [5, 5.41) is 1.47. The van der Waals surface area contributed by atoms with E-state index in [9.17, 15) is 13.0 Å². The van der Waals surface area contributed by atoms with Gasteiger partial charge in [0.25, 0.3) is 10.1 Å². The molecule has 0 saturated carbocycles. The van der Waals surface area contributed by atoms with Crippen LogP contribution >= 0.6 is 0 Å². The minimum absolute atomic E-state index is 0.0153. The summed E-state index contributed by atoms with van der Waals surface area (Å²) in [6, 6.07) is 9.35. The van der Waals surface area contributed by atoms with Crippen LogP contribution in [0.3, 0.4) is 0 Å². The first-order chi connectivity index (χ1) is 9.45. The van der Waals surface area contributed by atoms with Crippen LogP contribution in [0.25, 0.3) is 10.8 Å². The highest BCUT2D eigenvalue weighted by molar-refractivity contribution is 7.86. The number of aryl methyl sites for hydroxylation is 2. The number of benzene rings is 2. The highest BCUT2D eigenvalue weighted by Crippen LogP contribution is 2.27. The van der Waals surface area contributed by atoms with E-state index in [4.69, 9.17) is 0 Å². The zero-order valence-electron chi connectivity index (χ0n) is 11.9. The molecule has 0 unspecified atom stereocenters. The molecular formula is C16H20O3S. The Morgan fingerprint density at radius 1 is 0.950 bits per heavy atom. The van der Waals surface area contributed by atoms with Gasteiger partial charge >= 0.3 is 0 Å². The lowest BCUT2D eigenvalue weighted by Gasteiger charge is -2.09. The quantitative estimate of drug-likeness (QED) is 0.848. The van der Waals surface area contributed by atoms with E-state index >= 15 is 0 Å². The topological polar surface area (TPSA) is 54.4 Å². The average molecular weight is 292 g/mol. The summed E-state index contributed by atoms with van der Waals surface area (Å²) in [7, 11) is -4.20. The van der Waals surface area contributed by atoms with Crippen molar-refractivity contribution in [2.75, 3.05) is 0 Å². The minimum atomic E-state index is -4.20. The minimum Gasteiger partial charge on any atom is -0.282 e. The largest absolute Gasteiger partial charge is 0.295 e. The molecule has 0 aliphatic carbocycles. The summed E-state index contributed by atoms with van der Waals surface area (Å²) < 4.78 is 32.6. The summed E-state index contributed by atoms with van der Waals surface area (Å²) in [5.74, 6) is 0. The molecule has 0 amide bonds. The predicted molar refractivity (Wildman–Crippen MR) is 81.8 cm³/mol. The molecule has 3 nitrogen and oxygen atoms in total.